The molecule has 0 aromatic heterocycles. The van der Waals surface area contributed by atoms with E-state index in [-0.39, 0.29) is 12.0 Å². The van der Waals surface area contributed by atoms with Crippen LogP contribution in [0.2, 0.25) is 0 Å². The smallest absolute Gasteiger partial charge is 0.347 e. The van der Waals surface area contributed by atoms with Gasteiger partial charge in [-0.1, -0.05) is 25.1 Å². The van der Waals surface area contributed by atoms with E-state index in [4.69, 9.17) is 15.2 Å². The van der Waals surface area contributed by atoms with Crippen molar-refractivity contribution in [3.05, 3.63) is 29.8 Å². The fourth-order valence-corrected chi connectivity index (χ4v) is 1.61. The quantitative estimate of drug-likeness (QED) is 0.789. The van der Waals surface area contributed by atoms with Crippen molar-refractivity contribution in [2.75, 3.05) is 6.61 Å². The van der Waals surface area contributed by atoms with Gasteiger partial charge in [-0.25, -0.2) is 4.79 Å². The third-order valence-corrected chi connectivity index (χ3v) is 2.68. The molecule has 4 heteroatoms. The maximum absolute atomic E-state index is 11.5. The minimum atomic E-state index is -0.629. The molecule has 18 heavy (non-hydrogen) atoms. The summed E-state index contributed by atoms with van der Waals surface area (Å²) in [6.07, 6.45) is 0.184. The second kappa shape index (κ2) is 7.01. The Balaban J connectivity index is 2.80. The van der Waals surface area contributed by atoms with Gasteiger partial charge >= 0.3 is 5.97 Å². The van der Waals surface area contributed by atoms with E-state index in [2.05, 4.69) is 0 Å². The van der Waals surface area contributed by atoms with Gasteiger partial charge in [-0.05, 0) is 26.3 Å². The lowest BCUT2D eigenvalue weighted by Gasteiger charge is -2.18. The number of para-hydroxylation sites is 1. The molecule has 0 saturated heterocycles. The van der Waals surface area contributed by atoms with E-state index in [0.29, 0.717) is 12.4 Å². The summed E-state index contributed by atoms with van der Waals surface area (Å²) in [5.41, 5.74) is 6.92. The first-order valence-corrected chi connectivity index (χ1v) is 6.27. The molecule has 0 aliphatic carbocycles. The number of benzene rings is 1. The number of ether oxygens (including phenoxy) is 2. The molecule has 1 rings (SSSR count). The number of hydrogen-bond acceptors (Lipinski definition) is 4. The molecule has 2 N–H and O–H groups in total. The summed E-state index contributed by atoms with van der Waals surface area (Å²) in [6.45, 7) is 5.80. The molecule has 0 amide bonds. The van der Waals surface area contributed by atoms with Gasteiger partial charge in [0.25, 0.3) is 0 Å². The molecular weight excluding hydrogens is 230 g/mol. The number of carbonyl (C=O) groups excluding carboxylic acids is 1. The predicted octanol–water partition coefficient (Wildman–Crippen LogP) is 2.43. The summed E-state index contributed by atoms with van der Waals surface area (Å²) in [5, 5.41) is 0. The first kappa shape index (κ1) is 14.5. The Morgan fingerprint density at radius 3 is 2.61 bits per heavy atom. The lowest BCUT2D eigenvalue weighted by Crippen LogP contribution is -2.27. The van der Waals surface area contributed by atoms with Crippen molar-refractivity contribution < 1.29 is 14.3 Å². The van der Waals surface area contributed by atoms with E-state index in [1.807, 2.05) is 31.2 Å². The number of hydrogen-bond donors (Lipinski definition) is 1. The molecule has 0 aliphatic rings. The predicted molar refractivity (Wildman–Crippen MR) is 70.4 cm³/mol. The molecule has 0 spiro atoms. The van der Waals surface area contributed by atoms with Gasteiger partial charge in [0.15, 0.2) is 6.10 Å². The second-order valence-corrected chi connectivity index (χ2v) is 4.06. The molecule has 0 aliphatic heterocycles. The minimum Gasteiger partial charge on any atom is -0.479 e. The SMILES string of the molecule is CCOC(=O)C(C)Oc1ccccc1[C@H](N)CC. The van der Waals surface area contributed by atoms with Gasteiger partial charge in [0.05, 0.1) is 6.61 Å². The summed E-state index contributed by atoms with van der Waals surface area (Å²) in [6, 6.07) is 7.42. The van der Waals surface area contributed by atoms with Crippen molar-refractivity contribution in [3.8, 4) is 5.75 Å². The van der Waals surface area contributed by atoms with Crippen LogP contribution in [0.3, 0.4) is 0 Å². The number of carbonyl (C=O) groups is 1. The summed E-state index contributed by atoms with van der Waals surface area (Å²) < 4.78 is 10.5. The van der Waals surface area contributed by atoms with Crippen LogP contribution < -0.4 is 10.5 Å². The first-order chi connectivity index (χ1) is 8.60. The molecule has 1 aromatic carbocycles. The van der Waals surface area contributed by atoms with E-state index in [0.717, 1.165) is 12.0 Å². The van der Waals surface area contributed by atoms with Crippen LogP contribution in [0.25, 0.3) is 0 Å². The second-order valence-electron chi connectivity index (χ2n) is 4.06. The average molecular weight is 251 g/mol. The van der Waals surface area contributed by atoms with Crippen LogP contribution in [0.5, 0.6) is 5.75 Å². The summed E-state index contributed by atoms with van der Waals surface area (Å²) in [5.74, 6) is 0.282. The van der Waals surface area contributed by atoms with Crippen LogP contribution in [0, 0.1) is 0 Å². The molecule has 4 nitrogen and oxygen atoms in total. The topological polar surface area (TPSA) is 61.5 Å². The Morgan fingerprint density at radius 2 is 2.00 bits per heavy atom. The van der Waals surface area contributed by atoms with Crippen molar-refractivity contribution in [3.63, 3.8) is 0 Å². The zero-order chi connectivity index (χ0) is 13.5. The number of esters is 1. The third-order valence-electron chi connectivity index (χ3n) is 2.68. The molecule has 2 atom stereocenters. The highest BCUT2D eigenvalue weighted by Crippen LogP contribution is 2.26. The van der Waals surface area contributed by atoms with Gasteiger partial charge in [-0.2, -0.15) is 0 Å². The van der Waals surface area contributed by atoms with Gasteiger partial charge in [-0.15, -0.1) is 0 Å². The van der Waals surface area contributed by atoms with Crippen molar-refractivity contribution >= 4 is 5.97 Å². The van der Waals surface area contributed by atoms with Crippen LogP contribution in [-0.4, -0.2) is 18.7 Å². The van der Waals surface area contributed by atoms with Gasteiger partial charge in [-0.3, -0.25) is 0 Å². The van der Waals surface area contributed by atoms with Crippen LogP contribution >= 0.6 is 0 Å². The van der Waals surface area contributed by atoms with Gasteiger partial charge in [0.2, 0.25) is 0 Å². The fraction of sp³-hybridized carbons (Fsp3) is 0.500. The normalized spacial score (nSPS) is 13.8. The van der Waals surface area contributed by atoms with Crippen molar-refractivity contribution in [1.29, 1.82) is 0 Å². The zero-order valence-electron chi connectivity index (χ0n) is 11.2. The van der Waals surface area contributed by atoms with Gasteiger partial charge in [0, 0.05) is 11.6 Å². The molecule has 0 fully saturated rings. The third kappa shape index (κ3) is 3.74. The highest BCUT2D eigenvalue weighted by molar-refractivity contribution is 5.74. The van der Waals surface area contributed by atoms with Crippen molar-refractivity contribution in [1.82, 2.24) is 0 Å². The monoisotopic (exact) mass is 251 g/mol. The van der Waals surface area contributed by atoms with Crippen LogP contribution in [0.1, 0.15) is 38.8 Å². The summed E-state index contributed by atoms with van der Waals surface area (Å²) >= 11 is 0. The summed E-state index contributed by atoms with van der Waals surface area (Å²) in [7, 11) is 0. The molecule has 0 heterocycles. The van der Waals surface area contributed by atoms with E-state index in [1.165, 1.54) is 0 Å². The van der Waals surface area contributed by atoms with Crippen molar-refractivity contribution in [2.24, 2.45) is 5.73 Å². The molecule has 100 valence electrons. The largest absolute Gasteiger partial charge is 0.479 e. The Labute approximate surface area is 108 Å². The lowest BCUT2D eigenvalue weighted by molar-refractivity contribution is -0.150. The molecule has 1 aromatic rings. The van der Waals surface area contributed by atoms with E-state index in [9.17, 15) is 4.79 Å². The first-order valence-electron chi connectivity index (χ1n) is 6.27. The Morgan fingerprint density at radius 1 is 1.33 bits per heavy atom. The van der Waals surface area contributed by atoms with E-state index in [1.54, 1.807) is 13.8 Å². The van der Waals surface area contributed by atoms with Gasteiger partial charge in [0.1, 0.15) is 5.75 Å². The molecule has 0 saturated carbocycles. The Bertz CT molecular complexity index is 392. The minimum absolute atomic E-state index is 0.0874. The lowest BCUT2D eigenvalue weighted by atomic mass is 10.0. The van der Waals surface area contributed by atoms with Gasteiger partial charge < -0.3 is 15.2 Å². The van der Waals surface area contributed by atoms with E-state index < -0.39 is 6.10 Å². The maximum Gasteiger partial charge on any atom is 0.347 e. The van der Waals surface area contributed by atoms with E-state index >= 15 is 0 Å². The maximum atomic E-state index is 11.5. The van der Waals surface area contributed by atoms with Crippen molar-refractivity contribution in [2.45, 2.75) is 39.3 Å². The zero-order valence-corrected chi connectivity index (χ0v) is 11.2. The number of nitrogens with two attached hydrogens (primary N) is 1. The highest BCUT2D eigenvalue weighted by atomic mass is 16.6. The fourth-order valence-electron chi connectivity index (χ4n) is 1.61. The Kier molecular flexibility index (Phi) is 5.65. The standard InChI is InChI=1S/C14H21NO3/c1-4-12(15)11-8-6-7-9-13(11)18-10(3)14(16)17-5-2/h6-10,12H,4-5,15H2,1-3H3/t10?,12-/m1/s1. The highest BCUT2D eigenvalue weighted by Gasteiger charge is 2.18. The number of rotatable bonds is 6. The molecular formula is C14H21NO3. The summed E-state index contributed by atoms with van der Waals surface area (Å²) in [4.78, 5) is 11.5. The molecule has 1 unspecified atom stereocenters. The van der Waals surface area contributed by atoms with Crippen LogP contribution in [0.15, 0.2) is 24.3 Å². The Hall–Kier alpha value is -1.55. The van der Waals surface area contributed by atoms with Crippen LogP contribution in [0.4, 0.5) is 0 Å². The molecule has 0 bridgehead atoms. The average Bonchev–Trinajstić information content (AvgIpc) is 2.38. The molecule has 0 radical (unpaired) electrons. The van der Waals surface area contributed by atoms with Crippen LogP contribution in [-0.2, 0) is 9.53 Å².